The van der Waals surface area contributed by atoms with Gasteiger partial charge in [0, 0.05) is 5.69 Å². The van der Waals surface area contributed by atoms with Gasteiger partial charge >= 0.3 is 0 Å². The van der Waals surface area contributed by atoms with E-state index in [1.807, 2.05) is 51.1 Å². The van der Waals surface area contributed by atoms with Crippen molar-refractivity contribution in [2.75, 3.05) is 5.73 Å². The van der Waals surface area contributed by atoms with Crippen LogP contribution in [0.4, 0.5) is 5.69 Å². The quantitative estimate of drug-likeness (QED) is 0.793. The third kappa shape index (κ3) is 2.39. The summed E-state index contributed by atoms with van der Waals surface area (Å²) in [6.45, 7) is 6.00. The van der Waals surface area contributed by atoms with E-state index in [1.165, 1.54) is 0 Å². The summed E-state index contributed by atoms with van der Waals surface area (Å²) in [6, 6.07) is 11.8. The van der Waals surface area contributed by atoms with E-state index >= 15 is 0 Å². The summed E-state index contributed by atoms with van der Waals surface area (Å²) in [7, 11) is 0. The van der Waals surface area contributed by atoms with E-state index in [4.69, 9.17) is 5.73 Å². The van der Waals surface area contributed by atoms with Crippen LogP contribution in [0.25, 0.3) is 0 Å². The van der Waals surface area contributed by atoms with Gasteiger partial charge in [-0.2, -0.15) is 0 Å². The van der Waals surface area contributed by atoms with Crippen LogP contribution in [0.2, 0.25) is 0 Å². The van der Waals surface area contributed by atoms with Crippen molar-refractivity contribution in [2.45, 2.75) is 26.9 Å². The molecule has 0 radical (unpaired) electrons. The lowest BCUT2D eigenvalue weighted by Crippen LogP contribution is -2.04. The summed E-state index contributed by atoms with van der Waals surface area (Å²) in [5, 5.41) is 10.5. The van der Waals surface area contributed by atoms with Gasteiger partial charge in [-0.1, -0.05) is 35.9 Å². The smallest absolute Gasteiger partial charge is 0.104 e. The lowest BCUT2D eigenvalue weighted by atomic mass is 9.95. The number of nitrogens with two attached hydrogens (primary N) is 1. The molecule has 0 amide bonds. The number of anilines is 1. The number of aliphatic hydroxyl groups excluding tert-OH is 1. The van der Waals surface area contributed by atoms with Crippen LogP contribution in [0.15, 0.2) is 36.4 Å². The van der Waals surface area contributed by atoms with Gasteiger partial charge in [-0.15, -0.1) is 0 Å². The monoisotopic (exact) mass is 241 g/mol. The molecule has 0 heterocycles. The molecule has 2 nitrogen and oxygen atoms in total. The van der Waals surface area contributed by atoms with Gasteiger partial charge in [0.25, 0.3) is 0 Å². The topological polar surface area (TPSA) is 46.2 Å². The van der Waals surface area contributed by atoms with Gasteiger partial charge < -0.3 is 10.8 Å². The first-order valence-corrected chi connectivity index (χ1v) is 6.10. The Morgan fingerprint density at radius 1 is 0.944 bits per heavy atom. The minimum atomic E-state index is -0.618. The predicted molar refractivity (Wildman–Crippen MR) is 75.6 cm³/mol. The molecule has 18 heavy (non-hydrogen) atoms. The second kappa shape index (κ2) is 4.83. The van der Waals surface area contributed by atoms with Gasteiger partial charge in [0.15, 0.2) is 0 Å². The van der Waals surface area contributed by atoms with Crippen molar-refractivity contribution in [3.05, 3.63) is 64.2 Å². The highest BCUT2D eigenvalue weighted by Gasteiger charge is 2.13. The van der Waals surface area contributed by atoms with Gasteiger partial charge in [-0.3, -0.25) is 0 Å². The van der Waals surface area contributed by atoms with E-state index in [2.05, 4.69) is 6.07 Å². The molecule has 0 aliphatic rings. The third-order valence-corrected chi connectivity index (χ3v) is 3.35. The maximum atomic E-state index is 10.5. The first-order valence-electron chi connectivity index (χ1n) is 6.10. The Morgan fingerprint density at radius 2 is 1.61 bits per heavy atom. The molecule has 2 aromatic rings. The summed E-state index contributed by atoms with van der Waals surface area (Å²) in [4.78, 5) is 0. The van der Waals surface area contributed by atoms with Gasteiger partial charge in [0.1, 0.15) is 6.10 Å². The normalized spacial score (nSPS) is 12.4. The van der Waals surface area contributed by atoms with Crippen molar-refractivity contribution < 1.29 is 5.11 Å². The fraction of sp³-hybridized carbons (Fsp3) is 0.250. The second-order valence-corrected chi connectivity index (χ2v) is 4.88. The van der Waals surface area contributed by atoms with Gasteiger partial charge in [-0.05, 0) is 49.1 Å². The summed E-state index contributed by atoms with van der Waals surface area (Å²) in [6.07, 6.45) is -0.618. The summed E-state index contributed by atoms with van der Waals surface area (Å²) < 4.78 is 0. The average Bonchev–Trinajstić information content (AvgIpc) is 2.35. The molecular weight excluding hydrogens is 222 g/mol. The van der Waals surface area contributed by atoms with Crippen molar-refractivity contribution >= 4 is 5.69 Å². The molecule has 0 saturated heterocycles. The number of nitrogen functional groups attached to an aromatic ring is 1. The zero-order valence-electron chi connectivity index (χ0n) is 11.1. The molecule has 0 unspecified atom stereocenters. The maximum absolute atomic E-state index is 10.5. The van der Waals surface area contributed by atoms with Gasteiger partial charge in [-0.25, -0.2) is 0 Å². The van der Waals surface area contributed by atoms with Crippen LogP contribution in [0.5, 0.6) is 0 Å². The van der Waals surface area contributed by atoms with E-state index in [-0.39, 0.29) is 0 Å². The molecular formula is C16H19NO. The van der Waals surface area contributed by atoms with Crippen molar-refractivity contribution in [3.8, 4) is 0 Å². The number of aryl methyl sites for hydroxylation is 3. The van der Waals surface area contributed by atoms with Crippen LogP contribution in [0.3, 0.4) is 0 Å². The number of hydrogen-bond donors (Lipinski definition) is 2. The summed E-state index contributed by atoms with van der Waals surface area (Å²) in [5.74, 6) is 0. The van der Waals surface area contributed by atoms with Crippen molar-refractivity contribution in [1.29, 1.82) is 0 Å². The van der Waals surface area contributed by atoms with E-state index < -0.39 is 6.10 Å². The van der Waals surface area contributed by atoms with Crippen LogP contribution in [0.1, 0.15) is 33.9 Å². The lowest BCUT2D eigenvalue weighted by Gasteiger charge is -2.16. The Kier molecular flexibility index (Phi) is 3.39. The fourth-order valence-corrected chi connectivity index (χ4v) is 2.06. The first kappa shape index (κ1) is 12.7. The highest BCUT2D eigenvalue weighted by molar-refractivity contribution is 5.50. The molecule has 2 aromatic carbocycles. The van der Waals surface area contributed by atoms with E-state index in [9.17, 15) is 5.11 Å². The minimum Gasteiger partial charge on any atom is -0.399 e. The Bertz CT molecular complexity index is 575. The molecule has 2 heteroatoms. The Balaban J connectivity index is 2.44. The number of aliphatic hydroxyl groups is 1. The first-order chi connectivity index (χ1) is 8.49. The molecule has 0 spiro atoms. The molecule has 0 saturated carbocycles. The van der Waals surface area contributed by atoms with Crippen LogP contribution >= 0.6 is 0 Å². The minimum absolute atomic E-state index is 0.618. The zero-order valence-corrected chi connectivity index (χ0v) is 11.1. The molecule has 0 aliphatic carbocycles. The fourth-order valence-electron chi connectivity index (χ4n) is 2.06. The molecule has 3 N–H and O–H groups in total. The van der Waals surface area contributed by atoms with Crippen molar-refractivity contribution in [3.63, 3.8) is 0 Å². The van der Waals surface area contributed by atoms with Crippen molar-refractivity contribution in [1.82, 2.24) is 0 Å². The molecule has 1 atom stereocenters. The second-order valence-electron chi connectivity index (χ2n) is 4.88. The Morgan fingerprint density at radius 3 is 2.28 bits per heavy atom. The van der Waals surface area contributed by atoms with Crippen molar-refractivity contribution in [2.24, 2.45) is 0 Å². The van der Waals surface area contributed by atoms with Crippen LogP contribution < -0.4 is 5.73 Å². The number of rotatable bonds is 2. The van der Waals surface area contributed by atoms with Gasteiger partial charge in [0.2, 0.25) is 0 Å². The zero-order chi connectivity index (χ0) is 13.3. The lowest BCUT2D eigenvalue weighted by molar-refractivity contribution is 0.219. The molecule has 0 aromatic heterocycles. The Hall–Kier alpha value is -1.80. The molecule has 0 aliphatic heterocycles. The molecule has 0 fully saturated rings. The SMILES string of the molecule is Cc1ccc(C)c([C@H](O)c2ccc(C)c(N)c2)c1. The molecule has 2 rings (SSSR count). The van der Waals surface area contributed by atoms with Crippen LogP contribution in [-0.2, 0) is 0 Å². The third-order valence-electron chi connectivity index (χ3n) is 3.35. The van der Waals surface area contributed by atoms with Gasteiger partial charge in [0.05, 0.1) is 0 Å². The number of benzene rings is 2. The number of hydrogen-bond acceptors (Lipinski definition) is 2. The molecule has 0 bridgehead atoms. The highest BCUT2D eigenvalue weighted by Crippen LogP contribution is 2.27. The highest BCUT2D eigenvalue weighted by atomic mass is 16.3. The summed E-state index contributed by atoms with van der Waals surface area (Å²) >= 11 is 0. The van der Waals surface area contributed by atoms with E-state index in [0.717, 1.165) is 33.5 Å². The Labute approximate surface area is 108 Å². The van der Waals surface area contributed by atoms with Crippen LogP contribution in [0, 0.1) is 20.8 Å². The van der Waals surface area contributed by atoms with E-state index in [1.54, 1.807) is 0 Å². The predicted octanol–water partition coefficient (Wildman–Crippen LogP) is 3.28. The average molecular weight is 241 g/mol. The maximum Gasteiger partial charge on any atom is 0.104 e. The van der Waals surface area contributed by atoms with E-state index in [0.29, 0.717) is 0 Å². The molecule has 94 valence electrons. The van der Waals surface area contributed by atoms with Crippen LogP contribution in [-0.4, -0.2) is 5.11 Å². The standard InChI is InChI=1S/C16H19NO/c1-10-4-5-11(2)14(8-10)16(18)13-7-6-12(3)15(17)9-13/h4-9,16,18H,17H2,1-3H3/t16-/m1/s1. The summed E-state index contributed by atoms with van der Waals surface area (Å²) in [5.41, 5.74) is 11.7. The largest absolute Gasteiger partial charge is 0.399 e.